The summed E-state index contributed by atoms with van der Waals surface area (Å²) in [5.74, 6) is 1.07. The average molecular weight is 578 g/mol. The van der Waals surface area contributed by atoms with Gasteiger partial charge < -0.3 is 4.90 Å². The van der Waals surface area contributed by atoms with E-state index in [1.165, 1.54) is 17.3 Å². The van der Waals surface area contributed by atoms with Gasteiger partial charge in [-0.1, -0.05) is 87.4 Å². The predicted octanol–water partition coefficient (Wildman–Crippen LogP) is 5.31. The number of nitrogens with zero attached hydrogens (tertiary/aromatic N) is 5. The lowest BCUT2D eigenvalue weighted by molar-refractivity contribution is -0.122. The van der Waals surface area contributed by atoms with Gasteiger partial charge in [-0.25, -0.2) is 0 Å². The van der Waals surface area contributed by atoms with E-state index in [2.05, 4.69) is 54.0 Å². The highest BCUT2D eigenvalue weighted by Gasteiger charge is 2.34. The smallest absolute Gasteiger partial charge is 0.270 e. The van der Waals surface area contributed by atoms with E-state index in [0.29, 0.717) is 27.3 Å². The van der Waals surface area contributed by atoms with Gasteiger partial charge in [0.15, 0.2) is 0 Å². The number of aromatic nitrogens is 1. The number of carbonyl (C=O) groups excluding carboxylic acids is 1. The molecule has 1 amide bonds. The third-order valence-electron chi connectivity index (χ3n) is 8.02. The maximum Gasteiger partial charge on any atom is 0.270 e. The van der Waals surface area contributed by atoms with Crippen molar-refractivity contribution >= 4 is 46.1 Å². The highest BCUT2D eigenvalue weighted by Crippen LogP contribution is 2.36. The number of hydrogen-bond donors (Lipinski definition) is 0. The Hall–Kier alpha value is -2.93. The number of anilines is 1. The second-order valence-electron chi connectivity index (χ2n) is 10.7. The van der Waals surface area contributed by atoms with Crippen molar-refractivity contribution in [3.8, 4) is 6.07 Å². The van der Waals surface area contributed by atoms with Gasteiger partial charge in [0, 0.05) is 51.9 Å². The van der Waals surface area contributed by atoms with Crippen LogP contribution in [0.1, 0.15) is 61.8 Å². The number of benzene rings is 1. The number of piperazine rings is 1. The summed E-state index contributed by atoms with van der Waals surface area (Å²) in [5, 5.41) is 9.81. The van der Waals surface area contributed by atoms with Gasteiger partial charge in [-0.15, -0.1) is 0 Å². The van der Waals surface area contributed by atoms with Gasteiger partial charge in [0.25, 0.3) is 11.5 Å². The van der Waals surface area contributed by atoms with Gasteiger partial charge in [-0.3, -0.25) is 24.0 Å². The molecule has 212 valence electrons. The van der Waals surface area contributed by atoms with Gasteiger partial charge in [-0.2, -0.15) is 5.26 Å². The van der Waals surface area contributed by atoms with Crippen LogP contribution in [0.3, 0.4) is 0 Å². The van der Waals surface area contributed by atoms with Crippen molar-refractivity contribution in [3.05, 3.63) is 67.8 Å². The zero-order valence-electron chi connectivity index (χ0n) is 24.0. The summed E-state index contributed by atoms with van der Waals surface area (Å²) < 4.78 is 2.15. The molecular weight excluding hydrogens is 539 g/mol. The number of hydrogen-bond acceptors (Lipinski definition) is 7. The molecule has 0 N–H and O–H groups in total. The van der Waals surface area contributed by atoms with Crippen LogP contribution in [0, 0.1) is 24.2 Å². The molecule has 1 aromatic carbocycles. The summed E-state index contributed by atoms with van der Waals surface area (Å²) in [5.41, 5.74) is 2.43. The molecule has 4 rings (SSSR count). The highest BCUT2D eigenvalue weighted by atomic mass is 32.2. The van der Waals surface area contributed by atoms with E-state index in [0.717, 1.165) is 69.8 Å². The molecule has 0 aliphatic carbocycles. The van der Waals surface area contributed by atoms with Gasteiger partial charge in [-0.05, 0) is 36.5 Å². The van der Waals surface area contributed by atoms with Crippen LogP contribution in [0.4, 0.5) is 5.82 Å². The quantitative estimate of drug-likeness (QED) is 0.280. The molecule has 1 atom stereocenters. The molecule has 3 heterocycles. The normalized spacial score (nSPS) is 18.0. The summed E-state index contributed by atoms with van der Waals surface area (Å²) in [6.07, 6.45) is 6.20. The molecule has 2 fully saturated rings. The fraction of sp³-hybridized carbons (Fsp3) is 0.484. The minimum atomic E-state index is -0.312. The van der Waals surface area contributed by atoms with Crippen LogP contribution < -0.4 is 10.5 Å². The summed E-state index contributed by atoms with van der Waals surface area (Å²) in [6, 6.07) is 12.5. The van der Waals surface area contributed by atoms with Crippen LogP contribution in [0.5, 0.6) is 0 Å². The van der Waals surface area contributed by atoms with Crippen molar-refractivity contribution in [2.45, 2.75) is 53.0 Å². The Morgan fingerprint density at radius 3 is 2.45 bits per heavy atom. The lowest BCUT2D eigenvalue weighted by Gasteiger charge is -2.37. The largest absolute Gasteiger partial charge is 0.355 e. The van der Waals surface area contributed by atoms with Crippen molar-refractivity contribution in [1.29, 1.82) is 5.26 Å². The lowest BCUT2D eigenvalue weighted by atomic mass is 9.99. The Balaban J connectivity index is 1.63. The predicted molar refractivity (Wildman–Crippen MR) is 168 cm³/mol. The van der Waals surface area contributed by atoms with Crippen molar-refractivity contribution in [3.63, 3.8) is 0 Å². The molecule has 40 heavy (non-hydrogen) atoms. The molecule has 2 aromatic rings. The molecule has 0 radical (unpaired) electrons. The third kappa shape index (κ3) is 6.51. The number of amides is 1. The van der Waals surface area contributed by atoms with Crippen LogP contribution in [-0.4, -0.2) is 57.3 Å². The van der Waals surface area contributed by atoms with Gasteiger partial charge >= 0.3 is 0 Å². The van der Waals surface area contributed by atoms with Gasteiger partial charge in [0.05, 0.1) is 4.91 Å². The van der Waals surface area contributed by atoms with Crippen LogP contribution in [-0.2, 0) is 18.4 Å². The minimum Gasteiger partial charge on any atom is -0.355 e. The number of pyridine rings is 1. The minimum absolute atomic E-state index is 0.0876. The molecule has 2 aliphatic heterocycles. The lowest BCUT2D eigenvalue weighted by Crippen LogP contribution is -2.48. The van der Waals surface area contributed by atoms with Crippen LogP contribution >= 0.6 is 24.0 Å². The monoisotopic (exact) mass is 577 g/mol. The number of unbranched alkanes of at least 4 members (excludes halogenated alkanes) is 1. The second-order valence-corrected chi connectivity index (χ2v) is 12.3. The number of thioether (sulfide) groups is 1. The van der Waals surface area contributed by atoms with E-state index in [-0.39, 0.29) is 17.0 Å². The molecule has 7 nitrogen and oxygen atoms in total. The van der Waals surface area contributed by atoms with Crippen molar-refractivity contribution < 1.29 is 4.79 Å². The maximum absolute atomic E-state index is 13.6. The summed E-state index contributed by atoms with van der Waals surface area (Å²) in [4.78, 5) is 33.6. The summed E-state index contributed by atoms with van der Waals surface area (Å²) in [7, 11) is 1.72. The fourth-order valence-electron chi connectivity index (χ4n) is 5.52. The molecule has 0 spiro atoms. The zero-order valence-corrected chi connectivity index (χ0v) is 25.6. The van der Waals surface area contributed by atoms with E-state index >= 15 is 0 Å². The van der Waals surface area contributed by atoms with Crippen molar-refractivity contribution in [2.24, 2.45) is 13.0 Å². The Kier molecular flexibility index (Phi) is 10.2. The molecule has 1 aromatic heterocycles. The van der Waals surface area contributed by atoms with Crippen LogP contribution in [0.15, 0.2) is 40.0 Å². The molecule has 2 aliphatic rings. The fourth-order valence-corrected chi connectivity index (χ4v) is 6.77. The Morgan fingerprint density at radius 2 is 1.82 bits per heavy atom. The first-order valence-corrected chi connectivity index (χ1v) is 15.4. The number of thiocarbonyl (C=S) groups is 1. The van der Waals surface area contributed by atoms with E-state index < -0.39 is 0 Å². The Labute approximate surface area is 247 Å². The van der Waals surface area contributed by atoms with Gasteiger partial charge in [0.1, 0.15) is 21.8 Å². The van der Waals surface area contributed by atoms with Crippen LogP contribution in [0.25, 0.3) is 6.08 Å². The first-order chi connectivity index (χ1) is 19.3. The van der Waals surface area contributed by atoms with E-state index in [1.807, 2.05) is 12.1 Å². The Bertz CT molecular complexity index is 1370. The van der Waals surface area contributed by atoms with Gasteiger partial charge in [0.2, 0.25) is 0 Å². The Morgan fingerprint density at radius 1 is 1.12 bits per heavy atom. The zero-order chi connectivity index (χ0) is 28.8. The van der Waals surface area contributed by atoms with E-state index in [9.17, 15) is 14.9 Å². The van der Waals surface area contributed by atoms with E-state index in [1.54, 1.807) is 23.4 Å². The summed E-state index contributed by atoms with van der Waals surface area (Å²) in [6.45, 7) is 10.8. The average Bonchev–Trinajstić information content (AvgIpc) is 3.22. The number of carbonyl (C=O) groups is 1. The summed E-state index contributed by atoms with van der Waals surface area (Å²) >= 11 is 6.96. The first kappa shape index (κ1) is 30.0. The standard InChI is InChI=1S/C31H39N5O2S2/c1-5-7-11-23(6-2)21-36-30(38)27(40-31(36)39)18-25-22(3)26(19-32)29(37)33(4)28(25)35-16-14-34(15-17-35)20-24-12-9-8-10-13-24/h8-10,12-13,18,23H,5-7,11,14-17,20-21H2,1-4H3/b27-18-. The second kappa shape index (κ2) is 13.6. The first-order valence-electron chi connectivity index (χ1n) is 14.2. The number of rotatable bonds is 10. The van der Waals surface area contributed by atoms with Crippen LogP contribution in [0.2, 0.25) is 0 Å². The molecule has 9 heteroatoms. The molecule has 1 unspecified atom stereocenters. The topological polar surface area (TPSA) is 72.6 Å². The van der Waals surface area contributed by atoms with Crippen molar-refractivity contribution in [2.75, 3.05) is 37.6 Å². The highest BCUT2D eigenvalue weighted by molar-refractivity contribution is 8.26. The molecular formula is C31H39N5O2S2. The SMILES string of the molecule is CCCCC(CC)CN1C(=O)/C(=C/c2c(C)c(C#N)c(=O)n(C)c2N2CCN(Cc3ccccc3)CC2)SC1=S. The maximum atomic E-state index is 13.6. The molecule has 2 saturated heterocycles. The van der Waals surface area contributed by atoms with E-state index in [4.69, 9.17) is 12.2 Å². The molecule has 0 bridgehead atoms. The molecule has 0 saturated carbocycles. The van der Waals surface area contributed by atoms with Crippen molar-refractivity contribution in [1.82, 2.24) is 14.4 Å². The third-order valence-corrected chi connectivity index (χ3v) is 9.40. The number of nitriles is 1.